The number of aliphatic carboxylic acids is 1. The van der Waals surface area contributed by atoms with Crippen molar-refractivity contribution in [2.45, 2.75) is 45.4 Å². The highest BCUT2D eigenvalue weighted by Crippen LogP contribution is 2.29. The molecule has 112 valence electrons. The standard InChI is InChI=1S/C16H25NO3/c1-11-5-4-6-12(9-11)10-17-15(18)13-7-2-3-8-14(13)16(19)20/h2-3,11-14H,4-10H2,1H3,(H,17,18)(H,19,20)/t11?,12?,13-,14+/m1/s1. The van der Waals surface area contributed by atoms with Gasteiger partial charge in [0.15, 0.2) is 0 Å². The Kier molecular flexibility index (Phi) is 5.21. The van der Waals surface area contributed by atoms with Crippen LogP contribution >= 0.6 is 0 Å². The van der Waals surface area contributed by atoms with Crippen LogP contribution in [0.3, 0.4) is 0 Å². The number of amides is 1. The topological polar surface area (TPSA) is 66.4 Å². The van der Waals surface area contributed by atoms with Crippen molar-refractivity contribution in [3.8, 4) is 0 Å². The van der Waals surface area contributed by atoms with Crippen LogP contribution in [0.1, 0.15) is 45.4 Å². The molecule has 2 N–H and O–H groups in total. The van der Waals surface area contributed by atoms with Crippen molar-refractivity contribution < 1.29 is 14.7 Å². The van der Waals surface area contributed by atoms with Gasteiger partial charge in [-0.3, -0.25) is 9.59 Å². The van der Waals surface area contributed by atoms with E-state index in [0.29, 0.717) is 25.3 Å². The average Bonchev–Trinajstić information content (AvgIpc) is 2.45. The molecule has 0 radical (unpaired) electrons. The molecule has 20 heavy (non-hydrogen) atoms. The molecule has 1 fully saturated rings. The summed E-state index contributed by atoms with van der Waals surface area (Å²) < 4.78 is 0. The van der Waals surface area contributed by atoms with Gasteiger partial charge in [-0.25, -0.2) is 0 Å². The number of carboxylic acid groups (broad SMARTS) is 1. The zero-order valence-corrected chi connectivity index (χ0v) is 12.2. The fraction of sp³-hybridized carbons (Fsp3) is 0.750. The van der Waals surface area contributed by atoms with Gasteiger partial charge < -0.3 is 10.4 Å². The Morgan fingerprint density at radius 3 is 2.55 bits per heavy atom. The number of allylic oxidation sites excluding steroid dienone is 2. The lowest BCUT2D eigenvalue weighted by atomic mass is 9.81. The second kappa shape index (κ2) is 6.91. The maximum absolute atomic E-state index is 12.2. The van der Waals surface area contributed by atoms with Crippen LogP contribution in [0.25, 0.3) is 0 Å². The van der Waals surface area contributed by atoms with Gasteiger partial charge in [-0.15, -0.1) is 0 Å². The smallest absolute Gasteiger partial charge is 0.307 e. The van der Waals surface area contributed by atoms with E-state index in [4.69, 9.17) is 0 Å². The number of hydrogen-bond acceptors (Lipinski definition) is 2. The minimum atomic E-state index is -0.860. The second-order valence-electron chi connectivity index (χ2n) is 6.38. The molecule has 0 aromatic carbocycles. The van der Waals surface area contributed by atoms with Crippen LogP contribution in [-0.2, 0) is 9.59 Å². The largest absolute Gasteiger partial charge is 0.481 e. The number of hydrogen-bond donors (Lipinski definition) is 2. The summed E-state index contributed by atoms with van der Waals surface area (Å²) in [6, 6.07) is 0. The molecule has 4 nitrogen and oxygen atoms in total. The first kappa shape index (κ1) is 15.1. The van der Waals surface area contributed by atoms with E-state index in [1.54, 1.807) is 0 Å². The summed E-state index contributed by atoms with van der Waals surface area (Å²) in [6.07, 6.45) is 9.69. The molecule has 0 aliphatic heterocycles. The van der Waals surface area contributed by atoms with Gasteiger partial charge in [0.05, 0.1) is 11.8 Å². The molecule has 1 saturated carbocycles. The summed E-state index contributed by atoms with van der Waals surface area (Å²) in [7, 11) is 0. The highest BCUT2D eigenvalue weighted by atomic mass is 16.4. The summed E-state index contributed by atoms with van der Waals surface area (Å²) in [6.45, 7) is 2.97. The van der Waals surface area contributed by atoms with E-state index in [-0.39, 0.29) is 5.91 Å². The first-order valence-electron chi connectivity index (χ1n) is 7.73. The van der Waals surface area contributed by atoms with Gasteiger partial charge in [0.1, 0.15) is 0 Å². The molecule has 2 aliphatic rings. The van der Waals surface area contributed by atoms with Gasteiger partial charge in [-0.2, -0.15) is 0 Å². The lowest BCUT2D eigenvalue weighted by molar-refractivity contribution is -0.147. The molecular formula is C16H25NO3. The third kappa shape index (κ3) is 3.84. The van der Waals surface area contributed by atoms with Gasteiger partial charge in [0, 0.05) is 6.54 Å². The van der Waals surface area contributed by atoms with Crippen LogP contribution in [0.2, 0.25) is 0 Å². The summed E-state index contributed by atoms with van der Waals surface area (Å²) in [5, 5.41) is 12.2. The number of carboxylic acids is 1. The van der Waals surface area contributed by atoms with Crippen LogP contribution in [0.4, 0.5) is 0 Å². The number of carbonyl (C=O) groups excluding carboxylic acids is 1. The normalized spacial score (nSPS) is 33.6. The molecular weight excluding hydrogens is 254 g/mol. The molecule has 2 rings (SSSR count). The van der Waals surface area contributed by atoms with Crippen molar-refractivity contribution >= 4 is 11.9 Å². The molecule has 0 aromatic heterocycles. The van der Waals surface area contributed by atoms with E-state index in [2.05, 4.69) is 12.2 Å². The maximum Gasteiger partial charge on any atom is 0.307 e. The monoisotopic (exact) mass is 279 g/mol. The van der Waals surface area contributed by atoms with Crippen molar-refractivity contribution in [3.63, 3.8) is 0 Å². The van der Waals surface area contributed by atoms with E-state index in [1.165, 1.54) is 25.7 Å². The molecule has 4 atom stereocenters. The van der Waals surface area contributed by atoms with Gasteiger partial charge in [0.25, 0.3) is 0 Å². The Bertz CT molecular complexity index is 391. The molecule has 1 amide bonds. The molecule has 4 heteroatoms. The highest BCUT2D eigenvalue weighted by molar-refractivity contribution is 5.85. The Morgan fingerprint density at radius 1 is 1.20 bits per heavy atom. The van der Waals surface area contributed by atoms with Crippen molar-refractivity contribution in [1.29, 1.82) is 0 Å². The van der Waals surface area contributed by atoms with Crippen LogP contribution in [0, 0.1) is 23.7 Å². The zero-order valence-electron chi connectivity index (χ0n) is 12.2. The van der Waals surface area contributed by atoms with Crippen molar-refractivity contribution in [2.24, 2.45) is 23.7 Å². The summed E-state index contributed by atoms with van der Waals surface area (Å²) >= 11 is 0. The SMILES string of the molecule is CC1CCCC(CNC(=O)[C@@H]2CC=CC[C@@H]2C(=O)O)C1. The lowest BCUT2D eigenvalue weighted by Gasteiger charge is -2.29. The molecule has 2 unspecified atom stereocenters. The number of carbonyl (C=O) groups is 2. The van der Waals surface area contributed by atoms with Gasteiger partial charge in [-0.05, 0) is 37.5 Å². The number of nitrogens with one attached hydrogen (secondary N) is 1. The Hall–Kier alpha value is -1.32. The number of rotatable bonds is 4. The lowest BCUT2D eigenvalue weighted by Crippen LogP contribution is -2.41. The first-order chi connectivity index (χ1) is 9.58. The second-order valence-corrected chi connectivity index (χ2v) is 6.38. The molecule has 0 heterocycles. The first-order valence-corrected chi connectivity index (χ1v) is 7.73. The minimum Gasteiger partial charge on any atom is -0.481 e. The fourth-order valence-corrected chi connectivity index (χ4v) is 3.50. The van der Waals surface area contributed by atoms with Crippen molar-refractivity contribution in [3.05, 3.63) is 12.2 Å². The maximum atomic E-state index is 12.2. The van der Waals surface area contributed by atoms with Gasteiger partial charge in [0.2, 0.25) is 5.91 Å². The van der Waals surface area contributed by atoms with Crippen molar-refractivity contribution in [1.82, 2.24) is 5.32 Å². The Balaban J connectivity index is 1.84. The van der Waals surface area contributed by atoms with E-state index in [1.807, 2.05) is 12.2 Å². The van der Waals surface area contributed by atoms with Gasteiger partial charge in [-0.1, -0.05) is 31.9 Å². The average molecular weight is 279 g/mol. The fourth-order valence-electron chi connectivity index (χ4n) is 3.50. The molecule has 0 saturated heterocycles. The Morgan fingerprint density at radius 2 is 1.90 bits per heavy atom. The van der Waals surface area contributed by atoms with E-state index in [9.17, 15) is 14.7 Å². The predicted octanol–water partition coefficient (Wildman–Crippen LogP) is 2.60. The zero-order chi connectivity index (χ0) is 14.5. The summed E-state index contributed by atoms with van der Waals surface area (Å²) in [4.78, 5) is 23.4. The van der Waals surface area contributed by atoms with E-state index in [0.717, 1.165) is 5.92 Å². The third-order valence-electron chi connectivity index (χ3n) is 4.70. The van der Waals surface area contributed by atoms with Crippen LogP contribution in [0.5, 0.6) is 0 Å². The molecule has 0 spiro atoms. The molecule has 0 aromatic rings. The molecule has 2 aliphatic carbocycles. The minimum absolute atomic E-state index is 0.0834. The molecule has 0 bridgehead atoms. The van der Waals surface area contributed by atoms with Crippen LogP contribution in [0.15, 0.2) is 12.2 Å². The third-order valence-corrected chi connectivity index (χ3v) is 4.70. The van der Waals surface area contributed by atoms with Crippen LogP contribution in [-0.4, -0.2) is 23.5 Å². The van der Waals surface area contributed by atoms with Crippen LogP contribution < -0.4 is 5.32 Å². The quantitative estimate of drug-likeness (QED) is 0.777. The summed E-state index contributed by atoms with van der Waals surface area (Å²) in [5.74, 6) is -0.607. The van der Waals surface area contributed by atoms with Crippen molar-refractivity contribution in [2.75, 3.05) is 6.54 Å². The van der Waals surface area contributed by atoms with Gasteiger partial charge >= 0.3 is 5.97 Å². The van der Waals surface area contributed by atoms with E-state index < -0.39 is 17.8 Å². The Labute approximate surface area is 120 Å². The summed E-state index contributed by atoms with van der Waals surface area (Å²) in [5.41, 5.74) is 0. The highest BCUT2D eigenvalue weighted by Gasteiger charge is 2.34. The predicted molar refractivity (Wildman–Crippen MR) is 77.1 cm³/mol. The van der Waals surface area contributed by atoms with E-state index >= 15 is 0 Å².